The average molecular weight is 347 g/mol. The minimum atomic E-state index is -3.25. The normalized spacial score (nSPS) is 17.5. The Morgan fingerprint density at radius 1 is 1.08 bits per heavy atom. The van der Waals surface area contributed by atoms with E-state index in [1.807, 2.05) is 6.08 Å². The second-order valence-corrected chi connectivity index (χ2v) is 7.66. The van der Waals surface area contributed by atoms with Crippen molar-refractivity contribution in [1.82, 2.24) is 4.98 Å². The van der Waals surface area contributed by atoms with Crippen LogP contribution in [0.25, 0.3) is 5.57 Å². The Hall–Kier alpha value is -2.34. The summed E-state index contributed by atoms with van der Waals surface area (Å²) in [6.07, 6.45) is 6.19. The summed E-state index contributed by atoms with van der Waals surface area (Å²) < 4.78 is 49.3. The molecular weight excluding hydrogens is 332 g/mol. The molecule has 0 fully saturated rings. The molecule has 0 saturated carbocycles. The van der Waals surface area contributed by atoms with E-state index in [1.165, 1.54) is 12.3 Å². The zero-order valence-corrected chi connectivity index (χ0v) is 13.7. The molecule has 1 aromatic heterocycles. The Balaban J connectivity index is 1.95. The second-order valence-electron chi connectivity index (χ2n) is 5.64. The van der Waals surface area contributed by atoms with Crippen molar-refractivity contribution in [3.63, 3.8) is 0 Å². The molecule has 0 bridgehead atoms. The molecule has 1 aliphatic carbocycles. The fourth-order valence-corrected chi connectivity index (χ4v) is 3.33. The van der Waals surface area contributed by atoms with Crippen molar-refractivity contribution in [2.75, 3.05) is 12.9 Å². The lowest BCUT2D eigenvalue weighted by atomic mass is 10.00. The van der Waals surface area contributed by atoms with E-state index in [0.717, 1.165) is 11.8 Å². The van der Waals surface area contributed by atoms with Gasteiger partial charge >= 0.3 is 0 Å². The molecule has 0 radical (unpaired) electrons. The molecule has 24 heavy (non-hydrogen) atoms. The topological polar surface area (TPSA) is 47.0 Å². The molecule has 124 valence electrons. The lowest BCUT2D eigenvalue weighted by Gasteiger charge is -2.07. The van der Waals surface area contributed by atoms with Crippen molar-refractivity contribution < 1.29 is 17.2 Å². The number of alkyl halides is 1. The molecule has 1 heterocycles. The van der Waals surface area contributed by atoms with E-state index >= 15 is 0 Å². The predicted octanol–water partition coefficient (Wildman–Crippen LogP) is 3.70. The third-order valence-electron chi connectivity index (χ3n) is 3.95. The van der Waals surface area contributed by atoms with Gasteiger partial charge in [0.05, 0.1) is 4.90 Å². The maximum absolute atomic E-state index is 13.3. The molecular formula is C18H15F2NO2S. The number of benzene rings is 1. The van der Waals surface area contributed by atoms with Crippen LogP contribution in [-0.4, -0.2) is 26.3 Å². The van der Waals surface area contributed by atoms with Crippen molar-refractivity contribution in [3.8, 4) is 0 Å². The summed E-state index contributed by atoms with van der Waals surface area (Å²) in [6.45, 7) is -0.638. The SMILES string of the molecule is CS(=O)(=O)c1ccc(C2C=C(CF)C(c3ccc(F)nc3)=C2)cc1. The Kier molecular flexibility index (Phi) is 4.32. The molecule has 0 amide bonds. The Labute approximate surface area is 139 Å². The van der Waals surface area contributed by atoms with E-state index in [-0.39, 0.29) is 10.8 Å². The summed E-state index contributed by atoms with van der Waals surface area (Å²) in [4.78, 5) is 3.85. The highest BCUT2D eigenvalue weighted by molar-refractivity contribution is 7.90. The van der Waals surface area contributed by atoms with Crippen LogP contribution in [0.4, 0.5) is 8.78 Å². The first-order chi connectivity index (χ1) is 11.4. The summed E-state index contributed by atoms with van der Waals surface area (Å²) in [6, 6.07) is 9.32. The maximum atomic E-state index is 13.3. The lowest BCUT2D eigenvalue weighted by molar-refractivity contribution is 0.551. The number of hydrogen-bond donors (Lipinski definition) is 0. The van der Waals surface area contributed by atoms with Gasteiger partial charge in [-0.3, -0.25) is 0 Å². The minimum Gasteiger partial charge on any atom is -0.246 e. The Bertz CT molecular complexity index is 914. The standard InChI is InChI=1S/C18H15F2NO2S/c1-24(22,23)16-5-2-12(3-6-16)14-8-15(10-19)17(9-14)13-4-7-18(20)21-11-13/h2-9,11,14H,10H2,1H3. The highest BCUT2D eigenvalue weighted by atomic mass is 32.2. The van der Waals surface area contributed by atoms with Gasteiger partial charge in [-0.05, 0) is 41.0 Å². The maximum Gasteiger partial charge on any atom is 0.212 e. The van der Waals surface area contributed by atoms with Gasteiger partial charge < -0.3 is 0 Å². The van der Waals surface area contributed by atoms with Crippen molar-refractivity contribution >= 4 is 15.4 Å². The lowest BCUT2D eigenvalue weighted by Crippen LogP contribution is -1.97. The number of halogens is 2. The van der Waals surface area contributed by atoms with E-state index in [0.29, 0.717) is 16.7 Å². The predicted molar refractivity (Wildman–Crippen MR) is 88.5 cm³/mol. The number of pyridine rings is 1. The fraction of sp³-hybridized carbons (Fsp3) is 0.167. The van der Waals surface area contributed by atoms with Crippen molar-refractivity contribution in [1.29, 1.82) is 0 Å². The molecule has 0 aliphatic heterocycles. The molecule has 1 unspecified atom stereocenters. The Morgan fingerprint density at radius 2 is 1.79 bits per heavy atom. The van der Waals surface area contributed by atoms with Crippen molar-refractivity contribution in [3.05, 3.63) is 77.4 Å². The number of nitrogens with zero attached hydrogens (tertiary/aromatic N) is 1. The molecule has 3 rings (SSSR count). The monoisotopic (exact) mass is 347 g/mol. The fourth-order valence-electron chi connectivity index (χ4n) is 2.70. The molecule has 0 N–H and O–H groups in total. The number of rotatable bonds is 4. The Morgan fingerprint density at radius 3 is 2.33 bits per heavy atom. The van der Waals surface area contributed by atoms with Crippen LogP contribution in [0.5, 0.6) is 0 Å². The zero-order chi connectivity index (χ0) is 17.3. The van der Waals surface area contributed by atoms with E-state index < -0.39 is 22.5 Å². The second kappa shape index (κ2) is 6.28. The third-order valence-corrected chi connectivity index (χ3v) is 5.08. The van der Waals surface area contributed by atoms with E-state index in [9.17, 15) is 17.2 Å². The van der Waals surface area contributed by atoms with Crippen LogP contribution < -0.4 is 0 Å². The molecule has 0 spiro atoms. The molecule has 6 heteroatoms. The molecule has 1 aromatic carbocycles. The van der Waals surface area contributed by atoms with Crippen molar-refractivity contribution in [2.45, 2.75) is 10.8 Å². The van der Waals surface area contributed by atoms with Gasteiger partial charge in [0, 0.05) is 23.9 Å². The highest BCUT2D eigenvalue weighted by Gasteiger charge is 2.21. The first-order valence-electron chi connectivity index (χ1n) is 7.29. The van der Waals surface area contributed by atoms with E-state index in [4.69, 9.17) is 0 Å². The zero-order valence-electron chi connectivity index (χ0n) is 12.9. The van der Waals surface area contributed by atoms with Gasteiger partial charge in [-0.2, -0.15) is 4.39 Å². The molecule has 2 aromatic rings. The third kappa shape index (κ3) is 3.28. The van der Waals surface area contributed by atoms with E-state index in [2.05, 4.69) is 4.98 Å². The van der Waals surface area contributed by atoms with Crippen LogP contribution in [0.1, 0.15) is 17.0 Å². The summed E-state index contributed by atoms with van der Waals surface area (Å²) in [5.41, 5.74) is 2.71. The van der Waals surface area contributed by atoms with Crippen LogP contribution in [-0.2, 0) is 9.84 Å². The number of sulfone groups is 1. The summed E-state index contributed by atoms with van der Waals surface area (Å²) in [5, 5.41) is 0. The van der Waals surface area contributed by atoms with Gasteiger partial charge in [0.2, 0.25) is 5.95 Å². The first-order valence-corrected chi connectivity index (χ1v) is 9.18. The van der Waals surface area contributed by atoms with Gasteiger partial charge in [0.15, 0.2) is 9.84 Å². The van der Waals surface area contributed by atoms with E-state index in [1.54, 1.807) is 36.4 Å². The molecule has 1 atom stereocenters. The summed E-state index contributed by atoms with van der Waals surface area (Å²) >= 11 is 0. The summed E-state index contributed by atoms with van der Waals surface area (Å²) in [7, 11) is -3.25. The van der Waals surface area contributed by atoms with Crippen LogP contribution in [0.15, 0.2) is 65.2 Å². The van der Waals surface area contributed by atoms with Crippen LogP contribution in [0.2, 0.25) is 0 Å². The number of allylic oxidation sites excluding steroid dienone is 4. The van der Waals surface area contributed by atoms with Gasteiger partial charge in [-0.25, -0.2) is 17.8 Å². The van der Waals surface area contributed by atoms with Gasteiger partial charge in [0.25, 0.3) is 0 Å². The molecule has 3 nitrogen and oxygen atoms in total. The van der Waals surface area contributed by atoms with Gasteiger partial charge in [0.1, 0.15) is 6.67 Å². The average Bonchev–Trinajstić information content (AvgIpc) is 2.99. The van der Waals surface area contributed by atoms with Gasteiger partial charge in [-0.1, -0.05) is 24.3 Å². The van der Waals surface area contributed by atoms with Crippen LogP contribution >= 0.6 is 0 Å². The quantitative estimate of drug-likeness (QED) is 0.792. The van der Waals surface area contributed by atoms with Crippen LogP contribution in [0.3, 0.4) is 0 Å². The molecule has 0 saturated heterocycles. The number of hydrogen-bond acceptors (Lipinski definition) is 3. The van der Waals surface area contributed by atoms with Crippen LogP contribution in [0, 0.1) is 5.95 Å². The van der Waals surface area contributed by atoms with Gasteiger partial charge in [-0.15, -0.1) is 0 Å². The largest absolute Gasteiger partial charge is 0.246 e. The highest BCUT2D eigenvalue weighted by Crippen LogP contribution is 2.37. The smallest absolute Gasteiger partial charge is 0.212 e. The molecule has 1 aliphatic rings. The number of aromatic nitrogens is 1. The minimum absolute atomic E-state index is 0.163. The summed E-state index contributed by atoms with van der Waals surface area (Å²) in [5.74, 6) is -0.750. The first kappa shape index (κ1) is 16.5. The van der Waals surface area contributed by atoms with Crippen molar-refractivity contribution in [2.24, 2.45) is 0 Å².